The third-order valence-electron chi connectivity index (χ3n) is 7.07. The second-order valence-electron chi connectivity index (χ2n) is 8.96. The van der Waals surface area contributed by atoms with E-state index >= 15 is 0 Å². The summed E-state index contributed by atoms with van der Waals surface area (Å²) in [6, 6.07) is 6.41. The Balaban J connectivity index is 1.70. The van der Waals surface area contributed by atoms with Crippen LogP contribution in [-0.4, -0.2) is 42.1 Å². The molecule has 2 aliphatic rings. The maximum Gasteiger partial charge on any atom is 0.249 e. The topological polar surface area (TPSA) is 70.6 Å². The molecule has 1 aromatic heterocycles. The van der Waals surface area contributed by atoms with Crippen LogP contribution in [-0.2, 0) is 4.79 Å². The van der Waals surface area contributed by atoms with Gasteiger partial charge < -0.3 is 19.9 Å². The van der Waals surface area contributed by atoms with E-state index in [1.807, 2.05) is 13.1 Å². The number of rotatable bonds is 7. The van der Waals surface area contributed by atoms with Crippen molar-refractivity contribution in [1.82, 2.24) is 9.97 Å². The van der Waals surface area contributed by atoms with E-state index in [2.05, 4.69) is 48.1 Å². The van der Waals surface area contributed by atoms with Crippen molar-refractivity contribution < 1.29 is 9.53 Å². The molecular formula is C25H35N5O2. The summed E-state index contributed by atoms with van der Waals surface area (Å²) in [5.74, 6) is 2.73. The molecule has 1 aliphatic heterocycles. The predicted molar refractivity (Wildman–Crippen MR) is 129 cm³/mol. The fourth-order valence-corrected chi connectivity index (χ4v) is 4.92. The van der Waals surface area contributed by atoms with Gasteiger partial charge in [-0.25, -0.2) is 4.98 Å². The Morgan fingerprint density at radius 2 is 2.00 bits per heavy atom. The lowest BCUT2D eigenvalue weighted by Gasteiger charge is -2.43. The van der Waals surface area contributed by atoms with Crippen LogP contribution in [0.25, 0.3) is 0 Å². The van der Waals surface area contributed by atoms with E-state index < -0.39 is 0 Å². The summed E-state index contributed by atoms with van der Waals surface area (Å²) in [7, 11) is 3.51. The third kappa shape index (κ3) is 4.00. The zero-order valence-electron chi connectivity index (χ0n) is 19.9. The average Bonchev–Trinajstić information content (AvgIpc) is 3.35. The zero-order valence-corrected chi connectivity index (χ0v) is 19.9. The largest absolute Gasteiger partial charge is 0.495 e. The first-order valence-electron chi connectivity index (χ1n) is 11.9. The Morgan fingerprint density at radius 3 is 2.66 bits per heavy atom. The lowest BCUT2D eigenvalue weighted by molar-refractivity contribution is -0.120. The SMILES string of the molecule is CCC(C)c1ccc(Nc2ncc3c(n2)N(C2CCCC2)[C@H](CC)C(=O)N3C)c(OC)c1. The molecule has 2 aromatic rings. The first-order valence-corrected chi connectivity index (χ1v) is 11.9. The van der Waals surface area contributed by atoms with E-state index in [4.69, 9.17) is 9.72 Å². The van der Waals surface area contributed by atoms with Crippen LogP contribution in [0.15, 0.2) is 24.4 Å². The van der Waals surface area contributed by atoms with E-state index in [0.29, 0.717) is 17.9 Å². The van der Waals surface area contributed by atoms with Gasteiger partial charge >= 0.3 is 0 Å². The number of fused-ring (bicyclic) bond motifs is 1. The number of amides is 1. The quantitative estimate of drug-likeness (QED) is 0.638. The molecule has 2 heterocycles. The molecule has 0 bridgehead atoms. The fourth-order valence-electron chi connectivity index (χ4n) is 4.92. The Morgan fingerprint density at radius 1 is 1.25 bits per heavy atom. The van der Waals surface area contributed by atoms with Crippen molar-refractivity contribution in [3.63, 3.8) is 0 Å². The Hall–Kier alpha value is -2.83. The molecule has 0 saturated heterocycles. The lowest BCUT2D eigenvalue weighted by atomic mass is 9.98. The molecule has 1 N–H and O–H groups in total. The van der Waals surface area contributed by atoms with Gasteiger partial charge in [0.2, 0.25) is 11.9 Å². The van der Waals surface area contributed by atoms with Gasteiger partial charge in [0.15, 0.2) is 5.82 Å². The molecule has 1 unspecified atom stereocenters. The Labute approximate surface area is 191 Å². The van der Waals surface area contributed by atoms with Crippen LogP contribution in [0.4, 0.5) is 23.1 Å². The van der Waals surface area contributed by atoms with Crippen molar-refractivity contribution in [2.45, 2.75) is 77.3 Å². The molecule has 0 radical (unpaired) electrons. The smallest absolute Gasteiger partial charge is 0.249 e. The van der Waals surface area contributed by atoms with E-state index in [-0.39, 0.29) is 11.9 Å². The number of aromatic nitrogens is 2. The summed E-state index contributed by atoms with van der Waals surface area (Å²) in [5, 5.41) is 3.35. The zero-order chi connectivity index (χ0) is 22.8. The molecule has 1 saturated carbocycles. The maximum atomic E-state index is 13.1. The molecule has 4 rings (SSSR count). The van der Waals surface area contributed by atoms with Gasteiger partial charge in [-0.3, -0.25) is 4.79 Å². The minimum absolute atomic E-state index is 0.124. The molecule has 2 atom stereocenters. The minimum Gasteiger partial charge on any atom is -0.495 e. The number of methoxy groups -OCH3 is 1. The van der Waals surface area contributed by atoms with Gasteiger partial charge in [-0.1, -0.05) is 39.7 Å². The van der Waals surface area contributed by atoms with Crippen molar-refractivity contribution in [2.24, 2.45) is 0 Å². The number of carbonyl (C=O) groups is 1. The van der Waals surface area contributed by atoms with Crippen LogP contribution in [0.5, 0.6) is 5.75 Å². The summed E-state index contributed by atoms with van der Waals surface area (Å²) in [6.45, 7) is 6.48. The van der Waals surface area contributed by atoms with Gasteiger partial charge in [-0.05, 0) is 49.3 Å². The summed E-state index contributed by atoms with van der Waals surface area (Å²) in [6.07, 6.45) is 8.20. The molecule has 1 amide bonds. The lowest BCUT2D eigenvalue weighted by Crippen LogP contribution is -2.55. The third-order valence-corrected chi connectivity index (χ3v) is 7.07. The highest BCUT2D eigenvalue weighted by molar-refractivity contribution is 6.04. The monoisotopic (exact) mass is 437 g/mol. The molecule has 1 aliphatic carbocycles. The van der Waals surface area contributed by atoms with Crippen LogP contribution in [0, 0.1) is 0 Å². The van der Waals surface area contributed by atoms with Crippen molar-refractivity contribution in [3.05, 3.63) is 30.0 Å². The molecule has 1 aromatic carbocycles. The number of ether oxygens (including phenoxy) is 1. The second kappa shape index (κ2) is 9.35. The van der Waals surface area contributed by atoms with Gasteiger partial charge in [0, 0.05) is 13.1 Å². The molecular weight excluding hydrogens is 402 g/mol. The molecule has 32 heavy (non-hydrogen) atoms. The van der Waals surface area contributed by atoms with Crippen molar-refractivity contribution in [1.29, 1.82) is 0 Å². The number of nitrogens with zero attached hydrogens (tertiary/aromatic N) is 4. The van der Waals surface area contributed by atoms with Gasteiger partial charge in [-0.2, -0.15) is 4.98 Å². The van der Waals surface area contributed by atoms with E-state index in [1.54, 1.807) is 18.2 Å². The van der Waals surface area contributed by atoms with Gasteiger partial charge in [0.25, 0.3) is 0 Å². The number of likely N-dealkylation sites (N-methyl/N-ethyl adjacent to an activating group) is 1. The van der Waals surface area contributed by atoms with E-state index in [9.17, 15) is 4.79 Å². The number of benzene rings is 1. The first-order chi connectivity index (χ1) is 15.5. The Bertz CT molecular complexity index is 973. The van der Waals surface area contributed by atoms with Crippen molar-refractivity contribution in [3.8, 4) is 5.75 Å². The number of anilines is 4. The van der Waals surface area contributed by atoms with Gasteiger partial charge in [0.05, 0.1) is 19.0 Å². The average molecular weight is 438 g/mol. The van der Waals surface area contributed by atoms with E-state index in [1.165, 1.54) is 18.4 Å². The van der Waals surface area contributed by atoms with Crippen molar-refractivity contribution >= 4 is 29.0 Å². The normalized spacial score (nSPS) is 19.8. The molecule has 1 fully saturated rings. The summed E-state index contributed by atoms with van der Waals surface area (Å²) in [4.78, 5) is 26.5. The highest BCUT2D eigenvalue weighted by atomic mass is 16.5. The van der Waals surface area contributed by atoms with Crippen LogP contribution in [0.2, 0.25) is 0 Å². The van der Waals surface area contributed by atoms with Crippen LogP contribution < -0.4 is 19.9 Å². The number of nitrogens with one attached hydrogen (secondary N) is 1. The summed E-state index contributed by atoms with van der Waals surface area (Å²) in [5.41, 5.74) is 2.86. The van der Waals surface area contributed by atoms with Gasteiger partial charge in [0.1, 0.15) is 17.5 Å². The molecule has 7 heteroatoms. The molecule has 7 nitrogen and oxygen atoms in total. The number of hydrogen-bond donors (Lipinski definition) is 1. The van der Waals surface area contributed by atoms with Crippen LogP contribution in [0.1, 0.15) is 70.8 Å². The summed E-state index contributed by atoms with van der Waals surface area (Å²) >= 11 is 0. The standard InChI is InChI=1S/C25H35N5O2/c1-6-16(3)17-12-13-19(22(14-17)32-5)27-25-26-15-21-23(28-25)30(18-10-8-9-11-18)20(7-2)24(31)29(21)4/h12-16,18,20H,6-11H2,1-5H3,(H,26,27,28)/t16?,20-/m1/s1. The highest BCUT2D eigenvalue weighted by Gasteiger charge is 2.41. The summed E-state index contributed by atoms with van der Waals surface area (Å²) < 4.78 is 5.65. The fraction of sp³-hybridized carbons (Fsp3) is 0.560. The number of hydrogen-bond acceptors (Lipinski definition) is 6. The van der Waals surface area contributed by atoms with Crippen LogP contribution >= 0.6 is 0 Å². The highest BCUT2D eigenvalue weighted by Crippen LogP contribution is 2.40. The van der Waals surface area contributed by atoms with Crippen LogP contribution in [0.3, 0.4) is 0 Å². The maximum absolute atomic E-state index is 13.1. The van der Waals surface area contributed by atoms with Crippen molar-refractivity contribution in [2.75, 3.05) is 29.3 Å². The van der Waals surface area contributed by atoms with Gasteiger partial charge in [-0.15, -0.1) is 0 Å². The number of carbonyl (C=O) groups excluding carboxylic acids is 1. The first kappa shape index (κ1) is 22.4. The second-order valence-corrected chi connectivity index (χ2v) is 8.96. The Kier molecular flexibility index (Phi) is 6.53. The predicted octanol–water partition coefficient (Wildman–Crippen LogP) is 5.25. The molecule has 172 valence electrons. The van der Waals surface area contributed by atoms with E-state index in [0.717, 1.165) is 48.6 Å². The minimum atomic E-state index is -0.178. The molecule has 0 spiro atoms.